The van der Waals surface area contributed by atoms with Gasteiger partial charge in [-0.25, -0.2) is 13.8 Å². The second kappa shape index (κ2) is 7.31. The van der Waals surface area contributed by atoms with Crippen LogP contribution in [0.15, 0.2) is 23.8 Å². The number of rotatable bonds is 5. The summed E-state index contributed by atoms with van der Waals surface area (Å²) < 4.78 is 27.4. The Hall–Kier alpha value is -1.93. The Morgan fingerprint density at radius 1 is 1.54 bits per heavy atom. The molecule has 0 unspecified atom stereocenters. The highest BCUT2D eigenvalue weighted by atomic mass is 32.1. The average Bonchev–Trinajstić information content (AvgIpc) is 3.11. The van der Waals surface area contributed by atoms with Crippen LogP contribution in [0.1, 0.15) is 27.5 Å². The average molecular weight is 352 g/mol. The quantitative estimate of drug-likeness (QED) is 0.897. The molecule has 128 valence electrons. The minimum atomic E-state index is -0.927. The fourth-order valence-electron chi connectivity index (χ4n) is 2.88. The van der Waals surface area contributed by atoms with Crippen molar-refractivity contribution in [3.05, 3.63) is 45.9 Å². The smallest absolute Gasteiger partial charge is 0.254 e. The molecule has 3 heterocycles. The summed E-state index contributed by atoms with van der Waals surface area (Å²) >= 11 is 1.56. The molecule has 0 bridgehead atoms. The zero-order chi connectivity index (χ0) is 17.1. The normalized spacial score (nSPS) is 21.1. The summed E-state index contributed by atoms with van der Waals surface area (Å²) in [5.41, 5.74) is 0.851. The highest BCUT2D eigenvalue weighted by molar-refractivity contribution is 7.09. The van der Waals surface area contributed by atoms with Gasteiger partial charge in [-0.15, -0.1) is 11.3 Å². The van der Waals surface area contributed by atoms with Gasteiger partial charge in [0, 0.05) is 37.3 Å². The summed E-state index contributed by atoms with van der Waals surface area (Å²) in [5, 5.41) is 5.62. The molecule has 0 aromatic carbocycles. The van der Waals surface area contributed by atoms with Gasteiger partial charge in [0.05, 0.1) is 22.5 Å². The molecular formula is C16H18F2N4OS. The van der Waals surface area contributed by atoms with Gasteiger partial charge in [0.2, 0.25) is 0 Å². The molecule has 1 aliphatic heterocycles. The Morgan fingerprint density at radius 3 is 3.08 bits per heavy atom. The van der Waals surface area contributed by atoms with Crippen molar-refractivity contribution >= 4 is 17.2 Å². The van der Waals surface area contributed by atoms with Crippen molar-refractivity contribution in [3.8, 4) is 0 Å². The molecule has 24 heavy (non-hydrogen) atoms. The number of aryl methyl sites for hydroxylation is 1. The van der Waals surface area contributed by atoms with Crippen molar-refractivity contribution in [2.24, 2.45) is 0 Å². The van der Waals surface area contributed by atoms with Crippen molar-refractivity contribution in [1.29, 1.82) is 0 Å². The Labute approximate surface area is 142 Å². The van der Waals surface area contributed by atoms with Crippen molar-refractivity contribution < 1.29 is 13.6 Å². The number of amides is 1. The molecule has 3 rings (SSSR count). The largest absolute Gasteiger partial charge is 0.350 e. The molecule has 1 saturated heterocycles. The molecule has 1 N–H and O–H groups in total. The monoisotopic (exact) mass is 352 g/mol. The molecule has 5 nitrogen and oxygen atoms in total. The Bertz CT molecular complexity index is 724. The number of nitrogens with zero attached hydrogens (tertiary/aromatic N) is 3. The highest BCUT2D eigenvalue weighted by Gasteiger charge is 2.32. The van der Waals surface area contributed by atoms with E-state index in [1.165, 1.54) is 12.3 Å². The van der Waals surface area contributed by atoms with Gasteiger partial charge in [0.15, 0.2) is 5.82 Å². The first kappa shape index (κ1) is 16.9. The van der Waals surface area contributed by atoms with E-state index in [1.54, 1.807) is 11.3 Å². The van der Waals surface area contributed by atoms with Crippen LogP contribution in [0.25, 0.3) is 0 Å². The predicted molar refractivity (Wildman–Crippen MR) is 87.1 cm³/mol. The number of pyridine rings is 1. The second-order valence-corrected chi connectivity index (χ2v) is 6.90. The topological polar surface area (TPSA) is 58.1 Å². The standard InChI is InChI=1S/C16H18F2N4OS/c1-10-21-12(9-24-10)8-22-7-11(17)4-13(22)5-20-16(23)14-2-3-19-6-15(14)18/h2-3,6,9,11,13H,4-5,7-8H2,1H3,(H,20,23)/t11-,13-/m0/s1. The van der Waals surface area contributed by atoms with Crippen molar-refractivity contribution in [3.63, 3.8) is 0 Å². The van der Waals surface area contributed by atoms with Crippen molar-refractivity contribution in [2.45, 2.75) is 32.1 Å². The minimum Gasteiger partial charge on any atom is -0.350 e. The zero-order valence-electron chi connectivity index (χ0n) is 13.2. The van der Waals surface area contributed by atoms with Gasteiger partial charge in [-0.3, -0.25) is 14.7 Å². The third-order valence-electron chi connectivity index (χ3n) is 4.02. The summed E-state index contributed by atoms with van der Waals surface area (Å²) in [4.78, 5) is 22.1. The van der Waals surface area contributed by atoms with Crippen LogP contribution in [0.2, 0.25) is 0 Å². The predicted octanol–water partition coefficient (Wildman–Crippen LogP) is 2.33. The summed E-state index contributed by atoms with van der Waals surface area (Å²) in [6, 6.07) is 1.20. The first-order valence-electron chi connectivity index (χ1n) is 7.69. The van der Waals surface area contributed by atoms with E-state index in [0.717, 1.165) is 16.9 Å². The number of hydrogen-bond acceptors (Lipinski definition) is 5. The maximum Gasteiger partial charge on any atom is 0.254 e. The van der Waals surface area contributed by atoms with Crippen molar-refractivity contribution in [2.75, 3.05) is 13.1 Å². The molecule has 0 aliphatic carbocycles. The lowest BCUT2D eigenvalue weighted by Gasteiger charge is -2.23. The number of alkyl halides is 1. The number of carbonyl (C=O) groups excluding carboxylic acids is 1. The van der Waals surface area contributed by atoms with Gasteiger partial charge < -0.3 is 5.32 Å². The molecule has 2 aromatic rings. The van der Waals surface area contributed by atoms with Crippen LogP contribution in [0.3, 0.4) is 0 Å². The lowest BCUT2D eigenvalue weighted by molar-refractivity contribution is 0.0935. The van der Waals surface area contributed by atoms with Crippen molar-refractivity contribution in [1.82, 2.24) is 20.2 Å². The fourth-order valence-corrected chi connectivity index (χ4v) is 3.49. The van der Waals surface area contributed by atoms with E-state index in [2.05, 4.69) is 15.3 Å². The SMILES string of the molecule is Cc1nc(CN2C[C@@H](F)C[C@H]2CNC(=O)c2ccncc2F)cs1. The number of halogens is 2. The van der Waals surface area contributed by atoms with E-state index < -0.39 is 17.9 Å². The van der Waals surface area contributed by atoms with Crippen LogP contribution in [-0.2, 0) is 6.54 Å². The third kappa shape index (κ3) is 3.93. The number of carbonyl (C=O) groups is 1. The zero-order valence-corrected chi connectivity index (χ0v) is 14.0. The van der Waals surface area contributed by atoms with Crippen LogP contribution < -0.4 is 5.32 Å². The van der Waals surface area contributed by atoms with E-state index >= 15 is 0 Å². The van der Waals surface area contributed by atoms with Crippen LogP contribution in [0.5, 0.6) is 0 Å². The van der Waals surface area contributed by atoms with Crippen LogP contribution in [-0.4, -0.2) is 46.1 Å². The van der Waals surface area contributed by atoms with E-state index in [0.29, 0.717) is 19.5 Å². The lowest BCUT2D eigenvalue weighted by Crippen LogP contribution is -2.40. The second-order valence-electron chi connectivity index (χ2n) is 5.84. The molecule has 8 heteroatoms. The lowest BCUT2D eigenvalue weighted by atomic mass is 10.2. The van der Waals surface area contributed by atoms with Gasteiger partial charge in [0.25, 0.3) is 5.91 Å². The van der Waals surface area contributed by atoms with Gasteiger partial charge in [-0.05, 0) is 19.4 Å². The van der Waals surface area contributed by atoms with E-state index in [1.807, 2.05) is 17.2 Å². The van der Waals surface area contributed by atoms with Gasteiger partial charge in [0.1, 0.15) is 6.17 Å². The highest BCUT2D eigenvalue weighted by Crippen LogP contribution is 2.23. The number of aromatic nitrogens is 2. The molecule has 1 amide bonds. The molecule has 0 radical (unpaired) electrons. The first-order valence-corrected chi connectivity index (χ1v) is 8.57. The summed E-state index contributed by atoms with van der Waals surface area (Å²) in [6.45, 7) is 3.07. The third-order valence-corrected chi connectivity index (χ3v) is 4.85. The Kier molecular flexibility index (Phi) is 5.15. The summed E-state index contributed by atoms with van der Waals surface area (Å²) in [7, 11) is 0. The minimum absolute atomic E-state index is 0.0542. The molecule has 2 atom stereocenters. The van der Waals surface area contributed by atoms with Gasteiger partial charge >= 0.3 is 0 Å². The fraction of sp³-hybridized carbons (Fsp3) is 0.438. The number of thiazole rings is 1. The maximum atomic E-state index is 13.8. The Balaban J connectivity index is 1.60. The molecule has 0 saturated carbocycles. The molecule has 0 spiro atoms. The van der Waals surface area contributed by atoms with Crippen LogP contribution in [0.4, 0.5) is 8.78 Å². The van der Waals surface area contributed by atoms with Crippen LogP contribution >= 0.6 is 11.3 Å². The molecule has 1 fully saturated rings. The number of hydrogen-bond donors (Lipinski definition) is 1. The van der Waals surface area contributed by atoms with Gasteiger partial charge in [-0.2, -0.15) is 0 Å². The van der Waals surface area contributed by atoms with E-state index in [-0.39, 0.29) is 18.2 Å². The molecule has 2 aromatic heterocycles. The van der Waals surface area contributed by atoms with E-state index in [9.17, 15) is 13.6 Å². The van der Waals surface area contributed by atoms with Crippen LogP contribution in [0, 0.1) is 12.7 Å². The summed E-state index contributed by atoms with van der Waals surface area (Å²) in [6.07, 6.45) is 1.78. The van der Waals surface area contributed by atoms with E-state index in [4.69, 9.17) is 0 Å². The molecule has 1 aliphatic rings. The number of nitrogens with one attached hydrogen (secondary N) is 1. The molecular weight excluding hydrogens is 334 g/mol. The maximum absolute atomic E-state index is 13.8. The Morgan fingerprint density at radius 2 is 2.38 bits per heavy atom. The first-order chi connectivity index (χ1) is 11.5. The summed E-state index contributed by atoms with van der Waals surface area (Å²) in [5.74, 6) is -1.18. The van der Waals surface area contributed by atoms with Gasteiger partial charge in [-0.1, -0.05) is 0 Å². The number of likely N-dealkylation sites (tertiary alicyclic amines) is 1.